The van der Waals surface area contributed by atoms with E-state index in [1.807, 2.05) is 0 Å². The Kier molecular flexibility index (Phi) is 3.38. The first-order valence-corrected chi connectivity index (χ1v) is 5.77. The van der Waals surface area contributed by atoms with Crippen molar-refractivity contribution in [3.8, 4) is 5.69 Å². The zero-order valence-corrected chi connectivity index (χ0v) is 11.0. The molecule has 0 saturated carbocycles. The van der Waals surface area contributed by atoms with Gasteiger partial charge in [-0.2, -0.15) is 5.10 Å². The number of nitrogens with two attached hydrogens (primary N) is 1. The van der Waals surface area contributed by atoms with Crippen LogP contribution in [0.2, 0.25) is 15.1 Å². The van der Waals surface area contributed by atoms with Gasteiger partial charge in [0.2, 0.25) is 0 Å². The summed E-state index contributed by atoms with van der Waals surface area (Å²) in [5.41, 5.74) is 5.76. The number of hydrogen-bond donors (Lipinski definition) is 2. The molecule has 0 atom stereocenters. The molecule has 0 bridgehead atoms. The average Bonchev–Trinajstić information content (AvgIpc) is 2.59. The lowest BCUT2D eigenvalue weighted by atomic mass is 10.3. The Morgan fingerprint density at radius 2 is 1.78 bits per heavy atom. The maximum Gasteiger partial charge on any atom is 0.356 e. The third kappa shape index (κ3) is 2.25. The molecule has 18 heavy (non-hydrogen) atoms. The first kappa shape index (κ1) is 13.0. The van der Waals surface area contributed by atoms with Crippen LogP contribution in [0.3, 0.4) is 0 Å². The monoisotopic (exact) mass is 305 g/mol. The molecule has 0 spiro atoms. The van der Waals surface area contributed by atoms with E-state index in [-0.39, 0.29) is 27.2 Å². The molecule has 1 heterocycles. The van der Waals surface area contributed by atoms with Crippen LogP contribution in [0.15, 0.2) is 18.2 Å². The number of hydrogen-bond acceptors (Lipinski definition) is 3. The predicted molar refractivity (Wildman–Crippen MR) is 70.0 cm³/mol. The number of anilines is 1. The zero-order valence-electron chi connectivity index (χ0n) is 8.69. The van der Waals surface area contributed by atoms with Gasteiger partial charge in [-0.1, -0.05) is 34.8 Å². The van der Waals surface area contributed by atoms with Gasteiger partial charge < -0.3 is 10.8 Å². The Morgan fingerprint density at radius 1 is 1.22 bits per heavy atom. The van der Waals surface area contributed by atoms with E-state index in [4.69, 9.17) is 45.6 Å². The van der Waals surface area contributed by atoms with E-state index in [1.54, 1.807) is 0 Å². The number of nitrogens with zero attached hydrogens (tertiary/aromatic N) is 2. The Hall–Kier alpha value is -1.43. The summed E-state index contributed by atoms with van der Waals surface area (Å²) in [6.45, 7) is 0. The molecule has 0 radical (unpaired) electrons. The predicted octanol–water partition coefficient (Wildman–Crippen LogP) is 3.11. The zero-order chi connectivity index (χ0) is 13.4. The fourth-order valence-corrected chi connectivity index (χ4v) is 2.39. The summed E-state index contributed by atoms with van der Waals surface area (Å²) in [5, 5.41) is 13.4. The van der Waals surface area contributed by atoms with Crippen LogP contribution in [0.5, 0.6) is 0 Å². The highest BCUT2D eigenvalue weighted by atomic mass is 35.5. The topological polar surface area (TPSA) is 81.1 Å². The van der Waals surface area contributed by atoms with E-state index >= 15 is 0 Å². The minimum Gasteiger partial charge on any atom is -0.476 e. The molecule has 94 valence electrons. The normalized spacial score (nSPS) is 10.6. The molecule has 8 heteroatoms. The van der Waals surface area contributed by atoms with Gasteiger partial charge in [0.15, 0.2) is 5.69 Å². The highest BCUT2D eigenvalue weighted by Gasteiger charge is 2.17. The molecule has 0 saturated heterocycles. The third-order valence-electron chi connectivity index (χ3n) is 2.15. The lowest BCUT2D eigenvalue weighted by Gasteiger charge is -2.09. The smallest absolute Gasteiger partial charge is 0.356 e. The molecule has 3 N–H and O–H groups in total. The molecule has 2 rings (SSSR count). The van der Waals surface area contributed by atoms with Crippen LogP contribution in [0, 0.1) is 0 Å². The summed E-state index contributed by atoms with van der Waals surface area (Å²) >= 11 is 17.8. The SMILES string of the molecule is Nc1cc(C(=O)O)nn1-c1c(Cl)cc(Cl)cc1Cl. The van der Waals surface area contributed by atoms with Crippen LogP contribution in [0.25, 0.3) is 5.69 Å². The fourth-order valence-electron chi connectivity index (χ4n) is 1.42. The van der Waals surface area contributed by atoms with Crippen molar-refractivity contribution >= 4 is 46.6 Å². The number of aromatic nitrogens is 2. The van der Waals surface area contributed by atoms with Crippen LogP contribution in [-0.4, -0.2) is 20.9 Å². The molecule has 1 aromatic carbocycles. The van der Waals surface area contributed by atoms with E-state index in [0.717, 1.165) is 4.68 Å². The van der Waals surface area contributed by atoms with E-state index in [9.17, 15) is 4.79 Å². The van der Waals surface area contributed by atoms with Crippen molar-refractivity contribution < 1.29 is 9.90 Å². The standard InChI is InChI=1S/C10H6Cl3N3O2/c11-4-1-5(12)9(6(13)2-4)16-8(14)3-7(15-16)10(17)18/h1-3H,14H2,(H,17,18). The maximum atomic E-state index is 10.8. The minimum atomic E-state index is -1.19. The molecule has 0 amide bonds. The summed E-state index contributed by atoms with van der Waals surface area (Å²) in [5.74, 6) is -1.08. The van der Waals surface area contributed by atoms with E-state index < -0.39 is 5.97 Å². The van der Waals surface area contributed by atoms with Gasteiger partial charge in [0.05, 0.1) is 10.0 Å². The average molecular weight is 307 g/mol. The Morgan fingerprint density at radius 3 is 2.22 bits per heavy atom. The van der Waals surface area contributed by atoms with Gasteiger partial charge in [-0.05, 0) is 12.1 Å². The molecular formula is C10H6Cl3N3O2. The van der Waals surface area contributed by atoms with Crippen molar-refractivity contribution in [2.45, 2.75) is 0 Å². The quantitative estimate of drug-likeness (QED) is 0.893. The molecule has 5 nitrogen and oxygen atoms in total. The number of rotatable bonds is 2. The summed E-state index contributed by atoms with van der Waals surface area (Å²) in [4.78, 5) is 10.8. The van der Waals surface area contributed by atoms with E-state index in [2.05, 4.69) is 5.10 Å². The molecule has 0 unspecified atom stereocenters. The van der Waals surface area contributed by atoms with Crippen LogP contribution in [-0.2, 0) is 0 Å². The number of nitrogen functional groups attached to an aromatic ring is 1. The molecule has 1 aromatic heterocycles. The Bertz CT molecular complexity index is 616. The second kappa shape index (κ2) is 4.68. The van der Waals surface area contributed by atoms with Crippen molar-refractivity contribution in [3.63, 3.8) is 0 Å². The molecule has 2 aromatic rings. The van der Waals surface area contributed by atoms with Gasteiger partial charge in [0, 0.05) is 11.1 Å². The highest BCUT2D eigenvalue weighted by molar-refractivity contribution is 6.40. The number of carboxylic acid groups (broad SMARTS) is 1. The van der Waals surface area contributed by atoms with Gasteiger partial charge in [0.1, 0.15) is 11.5 Å². The lowest BCUT2D eigenvalue weighted by Crippen LogP contribution is -2.05. The second-order valence-electron chi connectivity index (χ2n) is 3.39. The molecular weight excluding hydrogens is 300 g/mol. The summed E-state index contributed by atoms with van der Waals surface area (Å²) in [6, 6.07) is 4.14. The number of aromatic carboxylic acids is 1. The van der Waals surface area contributed by atoms with Crippen LogP contribution in [0.1, 0.15) is 10.5 Å². The van der Waals surface area contributed by atoms with Crippen molar-refractivity contribution in [2.24, 2.45) is 0 Å². The second-order valence-corrected chi connectivity index (χ2v) is 4.64. The van der Waals surface area contributed by atoms with Crippen molar-refractivity contribution in [3.05, 3.63) is 39.0 Å². The van der Waals surface area contributed by atoms with Gasteiger partial charge in [-0.25, -0.2) is 9.48 Å². The van der Waals surface area contributed by atoms with Gasteiger partial charge in [-0.15, -0.1) is 0 Å². The molecule has 0 fully saturated rings. The van der Waals surface area contributed by atoms with E-state index in [1.165, 1.54) is 18.2 Å². The third-order valence-corrected chi connectivity index (χ3v) is 2.94. The van der Waals surface area contributed by atoms with Crippen molar-refractivity contribution in [2.75, 3.05) is 5.73 Å². The first-order valence-electron chi connectivity index (χ1n) is 4.64. The van der Waals surface area contributed by atoms with Crippen LogP contribution < -0.4 is 5.73 Å². The highest BCUT2D eigenvalue weighted by Crippen LogP contribution is 2.33. The largest absolute Gasteiger partial charge is 0.476 e. The van der Waals surface area contributed by atoms with E-state index in [0.29, 0.717) is 5.02 Å². The minimum absolute atomic E-state index is 0.110. The molecule has 0 aliphatic rings. The van der Waals surface area contributed by atoms with Gasteiger partial charge in [-0.3, -0.25) is 0 Å². The van der Waals surface area contributed by atoms with Crippen LogP contribution in [0.4, 0.5) is 5.82 Å². The maximum absolute atomic E-state index is 10.8. The fraction of sp³-hybridized carbons (Fsp3) is 0. The molecule has 0 aliphatic heterocycles. The first-order chi connectivity index (χ1) is 8.40. The Labute approximate surface area is 117 Å². The summed E-state index contributed by atoms with van der Waals surface area (Å²) in [6.07, 6.45) is 0. The summed E-state index contributed by atoms with van der Waals surface area (Å²) < 4.78 is 1.16. The number of halogens is 3. The van der Waals surface area contributed by atoms with Gasteiger partial charge in [0.25, 0.3) is 0 Å². The van der Waals surface area contributed by atoms with Crippen LogP contribution >= 0.6 is 34.8 Å². The van der Waals surface area contributed by atoms with Crippen molar-refractivity contribution in [1.82, 2.24) is 9.78 Å². The molecule has 0 aliphatic carbocycles. The summed E-state index contributed by atoms with van der Waals surface area (Å²) in [7, 11) is 0. The number of carboxylic acids is 1. The number of carbonyl (C=O) groups is 1. The number of benzene rings is 1. The van der Waals surface area contributed by atoms with Gasteiger partial charge >= 0.3 is 5.97 Å². The van der Waals surface area contributed by atoms with Crippen molar-refractivity contribution in [1.29, 1.82) is 0 Å². The Balaban J connectivity index is 2.66. The lowest BCUT2D eigenvalue weighted by molar-refractivity contribution is 0.0690.